The average molecular weight is 342 g/mol. The molecule has 0 aliphatic heterocycles. The molecule has 0 fully saturated rings. The Bertz CT molecular complexity index is 792. The first kappa shape index (κ1) is 17.2. The van der Waals surface area contributed by atoms with E-state index in [1.807, 2.05) is 45.0 Å². The SMILES string of the molecule is Cc1noc(C)c1C(C)CC(=O)NC1CC(C(=O)O)c2ccccc21. The molecule has 3 atom stereocenters. The molecule has 0 radical (unpaired) electrons. The Morgan fingerprint density at radius 1 is 1.32 bits per heavy atom. The van der Waals surface area contributed by atoms with Gasteiger partial charge in [0, 0.05) is 12.0 Å². The summed E-state index contributed by atoms with van der Waals surface area (Å²) in [5.41, 5.74) is 3.45. The summed E-state index contributed by atoms with van der Waals surface area (Å²) in [6.45, 7) is 5.67. The van der Waals surface area contributed by atoms with Gasteiger partial charge in [-0.1, -0.05) is 36.3 Å². The van der Waals surface area contributed by atoms with Gasteiger partial charge in [0.05, 0.1) is 17.7 Å². The minimum absolute atomic E-state index is 0.0156. The van der Waals surface area contributed by atoms with Crippen molar-refractivity contribution >= 4 is 11.9 Å². The maximum Gasteiger partial charge on any atom is 0.311 e. The van der Waals surface area contributed by atoms with Crippen LogP contribution in [0.2, 0.25) is 0 Å². The molecule has 132 valence electrons. The van der Waals surface area contributed by atoms with Gasteiger partial charge in [-0.05, 0) is 37.3 Å². The number of nitrogens with zero attached hydrogens (tertiary/aromatic N) is 1. The lowest BCUT2D eigenvalue weighted by atomic mass is 9.95. The van der Waals surface area contributed by atoms with E-state index in [9.17, 15) is 14.7 Å². The molecule has 2 N–H and O–H groups in total. The van der Waals surface area contributed by atoms with Crippen molar-refractivity contribution in [3.8, 4) is 0 Å². The number of benzene rings is 1. The predicted octanol–water partition coefficient (Wildman–Crippen LogP) is 3.21. The van der Waals surface area contributed by atoms with Gasteiger partial charge in [-0.15, -0.1) is 0 Å². The molecule has 0 saturated heterocycles. The zero-order valence-electron chi connectivity index (χ0n) is 14.6. The number of carboxylic acids is 1. The van der Waals surface area contributed by atoms with Crippen LogP contribution in [0.25, 0.3) is 0 Å². The van der Waals surface area contributed by atoms with Crippen molar-refractivity contribution in [2.75, 3.05) is 0 Å². The number of hydrogen-bond donors (Lipinski definition) is 2. The molecule has 25 heavy (non-hydrogen) atoms. The van der Waals surface area contributed by atoms with Gasteiger partial charge in [0.2, 0.25) is 5.91 Å². The zero-order valence-corrected chi connectivity index (χ0v) is 14.6. The van der Waals surface area contributed by atoms with Gasteiger partial charge in [0.15, 0.2) is 0 Å². The van der Waals surface area contributed by atoms with Crippen molar-refractivity contribution in [2.24, 2.45) is 0 Å². The van der Waals surface area contributed by atoms with E-state index in [2.05, 4.69) is 10.5 Å². The highest BCUT2D eigenvalue weighted by molar-refractivity contribution is 5.81. The first-order chi connectivity index (χ1) is 11.9. The van der Waals surface area contributed by atoms with Crippen molar-refractivity contribution in [3.63, 3.8) is 0 Å². The van der Waals surface area contributed by atoms with Crippen LogP contribution in [0.15, 0.2) is 28.8 Å². The second kappa shape index (κ2) is 6.70. The molecule has 1 heterocycles. The first-order valence-electron chi connectivity index (χ1n) is 8.42. The standard InChI is InChI=1S/C19H22N2O4/c1-10(18-11(2)21-25-12(18)3)8-17(22)20-16-9-15(19(23)24)13-6-4-5-7-14(13)16/h4-7,10,15-16H,8-9H2,1-3H3,(H,20,22)(H,23,24). The lowest BCUT2D eigenvalue weighted by Crippen LogP contribution is -2.28. The molecule has 2 aromatic rings. The number of aromatic nitrogens is 1. The number of amides is 1. The molecule has 1 aliphatic carbocycles. The average Bonchev–Trinajstić information content (AvgIpc) is 3.08. The van der Waals surface area contributed by atoms with E-state index in [0.717, 1.165) is 28.1 Å². The number of hydrogen-bond acceptors (Lipinski definition) is 4. The highest BCUT2D eigenvalue weighted by Crippen LogP contribution is 2.40. The van der Waals surface area contributed by atoms with Crippen LogP contribution in [-0.2, 0) is 9.59 Å². The number of carbonyl (C=O) groups is 2. The third-order valence-electron chi connectivity index (χ3n) is 4.92. The summed E-state index contributed by atoms with van der Waals surface area (Å²) in [4.78, 5) is 24.0. The van der Waals surface area contributed by atoms with E-state index in [0.29, 0.717) is 12.8 Å². The summed E-state index contributed by atoms with van der Waals surface area (Å²) < 4.78 is 5.17. The molecule has 3 rings (SSSR count). The highest BCUT2D eigenvalue weighted by Gasteiger charge is 2.36. The molecule has 1 aromatic carbocycles. The largest absolute Gasteiger partial charge is 0.481 e. The molecule has 1 aromatic heterocycles. The number of fused-ring (bicyclic) bond motifs is 1. The van der Waals surface area contributed by atoms with Gasteiger partial charge in [0.25, 0.3) is 0 Å². The monoisotopic (exact) mass is 342 g/mol. The third kappa shape index (κ3) is 3.29. The quantitative estimate of drug-likeness (QED) is 0.870. The maximum absolute atomic E-state index is 12.5. The van der Waals surface area contributed by atoms with E-state index in [1.165, 1.54) is 0 Å². The third-order valence-corrected chi connectivity index (χ3v) is 4.92. The second-order valence-electron chi connectivity index (χ2n) is 6.72. The normalized spacial score (nSPS) is 20.1. The number of carboxylic acid groups (broad SMARTS) is 1. The van der Waals surface area contributed by atoms with Crippen molar-refractivity contribution < 1.29 is 19.2 Å². The minimum atomic E-state index is -0.853. The molecule has 6 heteroatoms. The Hall–Kier alpha value is -2.63. The van der Waals surface area contributed by atoms with Crippen LogP contribution in [-0.4, -0.2) is 22.1 Å². The van der Waals surface area contributed by atoms with Gasteiger partial charge in [0.1, 0.15) is 5.76 Å². The summed E-state index contributed by atoms with van der Waals surface area (Å²) in [5, 5.41) is 16.3. The van der Waals surface area contributed by atoms with Gasteiger partial charge >= 0.3 is 5.97 Å². The van der Waals surface area contributed by atoms with Gasteiger partial charge in [-0.25, -0.2) is 0 Å². The Balaban J connectivity index is 1.71. The van der Waals surface area contributed by atoms with Crippen molar-refractivity contribution in [3.05, 3.63) is 52.4 Å². The van der Waals surface area contributed by atoms with Gasteiger partial charge in [-0.3, -0.25) is 9.59 Å². The fourth-order valence-electron chi connectivity index (χ4n) is 3.83. The first-order valence-corrected chi connectivity index (χ1v) is 8.42. The summed E-state index contributed by atoms with van der Waals surface area (Å²) in [7, 11) is 0. The van der Waals surface area contributed by atoms with E-state index in [4.69, 9.17) is 4.52 Å². The van der Waals surface area contributed by atoms with Crippen LogP contribution < -0.4 is 5.32 Å². The number of rotatable bonds is 5. The number of nitrogens with one attached hydrogen (secondary N) is 1. The highest BCUT2D eigenvalue weighted by atomic mass is 16.5. The van der Waals surface area contributed by atoms with Crippen LogP contribution in [0, 0.1) is 13.8 Å². The molecule has 6 nitrogen and oxygen atoms in total. The fraction of sp³-hybridized carbons (Fsp3) is 0.421. The molecule has 0 spiro atoms. The fourth-order valence-corrected chi connectivity index (χ4v) is 3.83. The van der Waals surface area contributed by atoms with Crippen LogP contribution in [0.1, 0.15) is 65.8 Å². The van der Waals surface area contributed by atoms with Crippen LogP contribution in [0.3, 0.4) is 0 Å². The van der Waals surface area contributed by atoms with Crippen LogP contribution >= 0.6 is 0 Å². The Morgan fingerprint density at radius 3 is 2.60 bits per heavy atom. The predicted molar refractivity (Wildman–Crippen MR) is 91.3 cm³/mol. The molecule has 0 saturated carbocycles. The molecule has 1 aliphatic rings. The zero-order chi connectivity index (χ0) is 18.1. The number of aliphatic carboxylic acids is 1. The Labute approximate surface area is 146 Å². The smallest absolute Gasteiger partial charge is 0.311 e. The van der Waals surface area contributed by atoms with Crippen molar-refractivity contribution in [1.82, 2.24) is 10.5 Å². The lowest BCUT2D eigenvalue weighted by Gasteiger charge is -2.16. The topological polar surface area (TPSA) is 92.4 Å². The van der Waals surface area contributed by atoms with Crippen molar-refractivity contribution in [1.29, 1.82) is 0 Å². The van der Waals surface area contributed by atoms with E-state index >= 15 is 0 Å². The summed E-state index contributed by atoms with van der Waals surface area (Å²) in [5.74, 6) is -0.804. The maximum atomic E-state index is 12.5. The summed E-state index contributed by atoms with van der Waals surface area (Å²) in [6, 6.07) is 7.16. The van der Waals surface area contributed by atoms with Crippen LogP contribution in [0.5, 0.6) is 0 Å². The Kier molecular flexibility index (Phi) is 4.61. The molecule has 0 bridgehead atoms. The van der Waals surface area contributed by atoms with Gasteiger partial charge in [-0.2, -0.15) is 0 Å². The van der Waals surface area contributed by atoms with Gasteiger partial charge < -0.3 is 14.9 Å². The van der Waals surface area contributed by atoms with E-state index in [-0.39, 0.29) is 17.9 Å². The molecular weight excluding hydrogens is 320 g/mol. The van der Waals surface area contributed by atoms with E-state index < -0.39 is 11.9 Å². The second-order valence-corrected chi connectivity index (χ2v) is 6.72. The Morgan fingerprint density at radius 2 is 2.00 bits per heavy atom. The van der Waals surface area contributed by atoms with Crippen molar-refractivity contribution in [2.45, 2.75) is 51.5 Å². The molecule has 1 amide bonds. The number of carbonyl (C=O) groups excluding carboxylic acids is 1. The molecular formula is C19H22N2O4. The minimum Gasteiger partial charge on any atom is -0.481 e. The van der Waals surface area contributed by atoms with E-state index in [1.54, 1.807) is 0 Å². The number of aryl methyl sites for hydroxylation is 2. The lowest BCUT2D eigenvalue weighted by molar-refractivity contribution is -0.139. The van der Waals surface area contributed by atoms with Crippen LogP contribution in [0.4, 0.5) is 0 Å². The molecule has 3 unspecified atom stereocenters. The summed E-state index contributed by atoms with van der Waals surface area (Å²) >= 11 is 0. The summed E-state index contributed by atoms with van der Waals surface area (Å²) in [6.07, 6.45) is 0.694.